The third-order valence-corrected chi connectivity index (χ3v) is 5.01. The summed E-state index contributed by atoms with van der Waals surface area (Å²) in [6.45, 7) is 0.601. The maximum Gasteiger partial charge on any atom is 0.251 e. The number of hydrogen-bond acceptors (Lipinski definition) is 3. The van der Waals surface area contributed by atoms with Gasteiger partial charge in [0.1, 0.15) is 5.75 Å². The van der Waals surface area contributed by atoms with Crippen molar-refractivity contribution in [2.75, 3.05) is 11.9 Å². The van der Waals surface area contributed by atoms with Gasteiger partial charge in [-0.05, 0) is 36.1 Å². The second-order valence-corrected chi connectivity index (χ2v) is 6.95. The van der Waals surface area contributed by atoms with Gasteiger partial charge in [-0.25, -0.2) is 0 Å². The Kier molecular flexibility index (Phi) is 5.24. The van der Waals surface area contributed by atoms with E-state index in [0.29, 0.717) is 17.9 Å². The van der Waals surface area contributed by atoms with Gasteiger partial charge in [0.05, 0.1) is 6.61 Å². The Balaban J connectivity index is 1.47. The van der Waals surface area contributed by atoms with Crippen molar-refractivity contribution in [3.05, 3.63) is 93.9 Å². The van der Waals surface area contributed by atoms with Gasteiger partial charge in [-0.3, -0.25) is 9.59 Å². The van der Waals surface area contributed by atoms with Gasteiger partial charge in [-0.1, -0.05) is 42.5 Å². The molecule has 0 radical (unpaired) electrons. The average molecular weight is 374 g/mol. The fourth-order valence-corrected chi connectivity index (χ4v) is 3.63. The third kappa shape index (κ3) is 3.98. The first kappa shape index (κ1) is 18.0. The van der Waals surface area contributed by atoms with E-state index in [9.17, 15) is 9.59 Å². The van der Waals surface area contributed by atoms with Gasteiger partial charge in [0.2, 0.25) is 5.91 Å². The molecule has 0 fully saturated rings. The van der Waals surface area contributed by atoms with Crippen LogP contribution >= 0.6 is 0 Å². The summed E-state index contributed by atoms with van der Waals surface area (Å²) in [6, 6.07) is 19.6. The normalized spacial score (nSPS) is 15.6. The van der Waals surface area contributed by atoms with Gasteiger partial charge >= 0.3 is 0 Å². The molecular formula is C23H22N2O3. The molecule has 1 atom stereocenters. The highest BCUT2D eigenvalue weighted by Gasteiger charge is 2.28. The van der Waals surface area contributed by atoms with Gasteiger partial charge in [0, 0.05) is 35.9 Å². The molecule has 1 aliphatic heterocycles. The number of aromatic amines is 1. The van der Waals surface area contributed by atoms with Crippen molar-refractivity contribution in [2.45, 2.75) is 25.2 Å². The number of carbonyl (C=O) groups excluding carboxylic acids is 1. The molecule has 0 aliphatic carbocycles. The molecule has 0 saturated carbocycles. The Morgan fingerprint density at radius 1 is 0.964 bits per heavy atom. The number of aryl methyl sites for hydroxylation is 1. The molecule has 1 aromatic heterocycles. The number of benzene rings is 2. The zero-order valence-corrected chi connectivity index (χ0v) is 15.5. The first-order chi connectivity index (χ1) is 13.7. The molecule has 2 aromatic carbocycles. The van der Waals surface area contributed by atoms with Crippen molar-refractivity contribution >= 4 is 11.6 Å². The Labute approximate surface area is 163 Å². The molecule has 0 bridgehead atoms. The molecule has 0 saturated heterocycles. The zero-order chi connectivity index (χ0) is 19.3. The van der Waals surface area contributed by atoms with E-state index in [0.717, 1.165) is 24.2 Å². The highest BCUT2D eigenvalue weighted by atomic mass is 16.5. The van der Waals surface area contributed by atoms with Crippen LogP contribution in [0.5, 0.6) is 5.75 Å². The molecule has 1 aliphatic rings. The lowest BCUT2D eigenvalue weighted by Crippen LogP contribution is -2.27. The molecule has 5 heteroatoms. The van der Waals surface area contributed by atoms with E-state index in [1.165, 1.54) is 5.56 Å². The molecule has 2 N–H and O–H groups in total. The molecular weight excluding hydrogens is 352 g/mol. The summed E-state index contributed by atoms with van der Waals surface area (Å²) in [5, 5.41) is 2.90. The first-order valence-corrected chi connectivity index (χ1v) is 9.49. The van der Waals surface area contributed by atoms with E-state index >= 15 is 0 Å². The molecule has 4 rings (SSSR count). The predicted octanol–water partition coefficient (Wildman–Crippen LogP) is 3.86. The van der Waals surface area contributed by atoms with Crippen LogP contribution in [0.25, 0.3) is 0 Å². The number of amides is 1. The number of H-pyrrole nitrogens is 1. The maximum atomic E-state index is 12.2. The molecule has 142 valence electrons. The van der Waals surface area contributed by atoms with Crippen LogP contribution in [0.15, 0.2) is 71.7 Å². The van der Waals surface area contributed by atoms with Gasteiger partial charge in [0.25, 0.3) is 5.56 Å². The number of rotatable bonds is 6. The van der Waals surface area contributed by atoms with Crippen molar-refractivity contribution in [1.29, 1.82) is 0 Å². The van der Waals surface area contributed by atoms with Crippen molar-refractivity contribution in [2.24, 2.45) is 0 Å². The molecule has 1 unspecified atom stereocenters. The molecule has 2 heterocycles. The predicted molar refractivity (Wildman–Crippen MR) is 109 cm³/mol. The van der Waals surface area contributed by atoms with Crippen LogP contribution in [0.1, 0.15) is 35.4 Å². The van der Waals surface area contributed by atoms with Crippen LogP contribution in [-0.4, -0.2) is 17.5 Å². The smallest absolute Gasteiger partial charge is 0.251 e. The number of aromatic nitrogens is 1. The number of hydrogen-bond donors (Lipinski definition) is 2. The fraction of sp³-hybridized carbons (Fsp3) is 0.217. The quantitative estimate of drug-likeness (QED) is 0.644. The SMILES string of the molecule is O=C1CC(c2ccc[nH]c2=O)c2ccc(OCCCc3ccccc3)cc2N1. The van der Waals surface area contributed by atoms with Crippen LogP contribution in [0.2, 0.25) is 0 Å². The number of pyridine rings is 1. The lowest BCUT2D eigenvalue weighted by Gasteiger charge is -2.26. The zero-order valence-electron chi connectivity index (χ0n) is 15.5. The van der Waals surface area contributed by atoms with E-state index in [2.05, 4.69) is 22.4 Å². The monoisotopic (exact) mass is 374 g/mol. The lowest BCUT2D eigenvalue weighted by molar-refractivity contribution is -0.116. The van der Waals surface area contributed by atoms with Gasteiger partial charge in [0.15, 0.2) is 0 Å². The molecule has 5 nitrogen and oxygen atoms in total. The van der Waals surface area contributed by atoms with E-state index in [1.54, 1.807) is 18.3 Å². The summed E-state index contributed by atoms with van der Waals surface area (Å²) >= 11 is 0. The Bertz CT molecular complexity index is 1030. The van der Waals surface area contributed by atoms with Crippen molar-refractivity contribution in [3.8, 4) is 5.75 Å². The Hall–Kier alpha value is -3.34. The highest BCUT2D eigenvalue weighted by molar-refractivity contribution is 5.95. The second kappa shape index (κ2) is 8.13. The van der Waals surface area contributed by atoms with Crippen molar-refractivity contribution in [3.63, 3.8) is 0 Å². The van der Waals surface area contributed by atoms with Crippen LogP contribution in [0.3, 0.4) is 0 Å². The van der Waals surface area contributed by atoms with E-state index < -0.39 is 0 Å². The minimum absolute atomic E-state index is 0.0954. The Morgan fingerprint density at radius 2 is 1.82 bits per heavy atom. The third-order valence-electron chi connectivity index (χ3n) is 5.01. The van der Waals surface area contributed by atoms with Gasteiger partial charge < -0.3 is 15.0 Å². The summed E-state index contributed by atoms with van der Waals surface area (Å²) in [6.07, 6.45) is 3.73. The van der Waals surface area contributed by atoms with Crippen LogP contribution in [-0.2, 0) is 11.2 Å². The molecule has 0 spiro atoms. The van der Waals surface area contributed by atoms with Crippen LogP contribution in [0.4, 0.5) is 5.69 Å². The largest absolute Gasteiger partial charge is 0.494 e. The minimum Gasteiger partial charge on any atom is -0.494 e. The number of ether oxygens (including phenoxy) is 1. The van der Waals surface area contributed by atoms with E-state index in [4.69, 9.17) is 4.74 Å². The summed E-state index contributed by atoms with van der Waals surface area (Å²) in [5.74, 6) is 0.373. The molecule has 1 amide bonds. The summed E-state index contributed by atoms with van der Waals surface area (Å²) in [4.78, 5) is 27.1. The standard InChI is InChI=1S/C23H22N2O3/c26-22-15-20(19-9-4-12-24-23(19)27)18-11-10-17(14-21(18)25-22)28-13-5-8-16-6-2-1-3-7-16/h1-4,6-7,9-12,14,20H,5,8,13,15H2,(H,24,27)(H,25,26). The maximum absolute atomic E-state index is 12.2. The minimum atomic E-state index is -0.249. The van der Waals surface area contributed by atoms with Crippen LogP contribution in [0, 0.1) is 0 Å². The van der Waals surface area contributed by atoms with Crippen molar-refractivity contribution < 1.29 is 9.53 Å². The van der Waals surface area contributed by atoms with Gasteiger partial charge in [-0.15, -0.1) is 0 Å². The number of nitrogens with one attached hydrogen (secondary N) is 2. The average Bonchev–Trinajstić information content (AvgIpc) is 2.71. The van der Waals surface area contributed by atoms with Crippen molar-refractivity contribution in [1.82, 2.24) is 4.98 Å². The first-order valence-electron chi connectivity index (χ1n) is 9.49. The second-order valence-electron chi connectivity index (χ2n) is 6.95. The number of carbonyl (C=O) groups is 1. The summed E-state index contributed by atoms with van der Waals surface area (Å²) < 4.78 is 5.87. The van der Waals surface area contributed by atoms with E-state index in [-0.39, 0.29) is 23.8 Å². The number of anilines is 1. The summed E-state index contributed by atoms with van der Waals surface area (Å²) in [5.41, 5.74) is 3.39. The molecule has 28 heavy (non-hydrogen) atoms. The van der Waals surface area contributed by atoms with E-state index in [1.807, 2.05) is 36.4 Å². The van der Waals surface area contributed by atoms with Gasteiger partial charge in [-0.2, -0.15) is 0 Å². The van der Waals surface area contributed by atoms with Crippen LogP contribution < -0.4 is 15.6 Å². The molecule has 3 aromatic rings. The topological polar surface area (TPSA) is 71.2 Å². The number of fused-ring (bicyclic) bond motifs is 1. The summed E-state index contributed by atoms with van der Waals surface area (Å²) in [7, 11) is 0. The highest BCUT2D eigenvalue weighted by Crippen LogP contribution is 2.37. The Morgan fingerprint density at radius 3 is 2.64 bits per heavy atom. The fourth-order valence-electron chi connectivity index (χ4n) is 3.63. The lowest BCUT2D eigenvalue weighted by atomic mass is 9.85.